The number of nitrogens with zero attached hydrogens (tertiary/aromatic N) is 2. The molecule has 0 unspecified atom stereocenters. The van der Waals surface area contributed by atoms with Gasteiger partial charge in [0.1, 0.15) is 12.4 Å². The maximum absolute atomic E-state index is 10.6. The molecule has 0 saturated heterocycles. The van der Waals surface area contributed by atoms with E-state index in [-0.39, 0.29) is 6.42 Å². The third kappa shape index (κ3) is 5.45. The summed E-state index contributed by atoms with van der Waals surface area (Å²) in [5, 5.41) is 8.71. The highest BCUT2D eigenvalue weighted by Crippen LogP contribution is 2.05. The van der Waals surface area contributed by atoms with E-state index in [1.165, 1.54) is 31.5 Å². The zero-order chi connectivity index (χ0) is 14.1. The Hall–Kier alpha value is -1.32. The predicted octanol–water partition coefficient (Wildman–Crippen LogP) is 2.78. The summed E-state index contributed by atoms with van der Waals surface area (Å²) in [4.78, 5) is 10.6. The quantitative estimate of drug-likeness (QED) is 0.663. The van der Waals surface area contributed by atoms with Crippen molar-refractivity contribution in [3.05, 3.63) is 18.2 Å². The number of hydrogen-bond donors (Lipinski definition) is 1. The Morgan fingerprint density at radius 1 is 1.26 bits per heavy atom. The molecule has 0 spiro atoms. The van der Waals surface area contributed by atoms with Crippen molar-refractivity contribution in [2.45, 2.75) is 71.9 Å². The third-order valence-corrected chi connectivity index (χ3v) is 3.39. The summed E-state index contributed by atoms with van der Waals surface area (Å²) in [5.41, 5.74) is 0. The fraction of sp³-hybridized carbons (Fsp3) is 0.733. The molecule has 1 aromatic heterocycles. The second kappa shape index (κ2) is 8.73. The molecule has 1 heterocycles. The molecule has 0 aromatic carbocycles. The van der Waals surface area contributed by atoms with Crippen LogP contribution in [0.4, 0.5) is 0 Å². The van der Waals surface area contributed by atoms with Gasteiger partial charge in [0.15, 0.2) is 0 Å². The highest BCUT2D eigenvalue weighted by Gasteiger charge is 2.16. The van der Waals surface area contributed by atoms with Gasteiger partial charge in [0.2, 0.25) is 0 Å². The Labute approximate surface area is 116 Å². The first-order valence-electron chi connectivity index (χ1n) is 7.48. The van der Waals surface area contributed by atoms with Crippen LogP contribution in [0.15, 0.2) is 12.4 Å². The minimum atomic E-state index is -0.707. The van der Waals surface area contributed by atoms with E-state index >= 15 is 0 Å². The largest absolute Gasteiger partial charge is 0.481 e. The summed E-state index contributed by atoms with van der Waals surface area (Å²) >= 11 is 0. The molecule has 1 N–H and O–H groups in total. The molecule has 0 aliphatic rings. The van der Waals surface area contributed by atoms with E-state index in [2.05, 4.69) is 35.4 Å². The van der Waals surface area contributed by atoms with Gasteiger partial charge >= 0.3 is 5.97 Å². The van der Waals surface area contributed by atoms with Gasteiger partial charge in [-0.3, -0.25) is 4.79 Å². The zero-order valence-electron chi connectivity index (χ0n) is 12.3. The van der Waals surface area contributed by atoms with Crippen molar-refractivity contribution < 1.29 is 14.5 Å². The van der Waals surface area contributed by atoms with E-state index in [1.54, 1.807) is 0 Å². The minimum Gasteiger partial charge on any atom is -0.481 e. The second-order valence-electron chi connectivity index (χ2n) is 5.06. The monoisotopic (exact) mass is 267 g/mol. The minimum absolute atomic E-state index is 0.250. The first-order chi connectivity index (χ1) is 9.19. The Balaban J connectivity index is 2.66. The molecule has 0 amide bonds. The number of aliphatic carboxylic acids is 1. The van der Waals surface area contributed by atoms with E-state index < -0.39 is 5.97 Å². The molecule has 0 aliphatic heterocycles. The Morgan fingerprint density at radius 3 is 2.63 bits per heavy atom. The molecular weight excluding hydrogens is 240 g/mol. The van der Waals surface area contributed by atoms with Crippen molar-refractivity contribution in [1.82, 2.24) is 4.57 Å². The SMILES string of the molecule is CCCCc1n(CCCC)cc[n+]1CCCC(=O)O. The van der Waals surface area contributed by atoms with Crippen LogP contribution in [-0.2, 0) is 24.3 Å². The van der Waals surface area contributed by atoms with E-state index in [9.17, 15) is 4.79 Å². The van der Waals surface area contributed by atoms with Gasteiger partial charge in [0.05, 0.1) is 13.1 Å². The average Bonchev–Trinajstić information content (AvgIpc) is 2.76. The third-order valence-electron chi connectivity index (χ3n) is 3.39. The lowest BCUT2D eigenvalue weighted by Gasteiger charge is -2.04. The lowest BCUT2D eigenvalue weighted by molar-refractivity contribution is -0.704. The molecule has 0 saturated carbocycles. The van der Waals surface area contributed by atoms with Gasteiger partial charge in [-0.25, -0.2) is 9.13 Å². The summed E-state index contributed by atoms with van der Waals surface area (Å²) in [5.74, 6) is 0.641. The number of aryl methyl sites for hydroxylation is 2. The fourth-order valence-corrected chi connectivity index (χ4v) is 2.26. The summed E-state index contributed by atoms with van der Waals surface area (Å²) in [6.07, 6.45) is 11.1. The zero-order valence-corrected chi connectivity index (χ0v) is 12.3. The molecule has 108 valence electrons. The van der Waals surface area contributed by atoms with Crippen molar-refractivity contribution in [1.29, 1.82) is 0 Å². The topological polar surface area (TPSA) is 46.1 Å². The highest BCUT2D eigenvalue weighted by molar-refractivity contribution is 5.66. The van der Waals surface area contributed by atoms with Crippen molar-refractivity contribution in [2.24, 2.45) is 0 Å². The lowest BCUT2D eigenvalue weighted by atomic mass is 10.2. The molecule has 19 heavy (non-hydrogen) atoms. The number of aromatic nitrogens is 2. The van der Waals surface area contributed by atoms with Gasteiger partial charge in [0, 0.05) is 12.8 Å². The standard InChI is InChI=1S/C15H26N2O2/c1-3-5-8-14-16(10-6-4-2)12-13-17(14)11-7-9-15(18)19/h12-13H,3-11H2,1-2H3/p+1. The van der Waals surface area contributed by atoms with E-state index in [0.717, 1.165) is 19.5 Å². The fourth-order valence-electron chi connectivity index (χ4n) is 2.26. The van der Waals surface area contributed by atoms with Crippen molar-refractivity contribution >= 4 is 5.97 Å². The molecular formula is C15H27N2O2+. The summed E-state index contributed by atoms with van der Waals surface area (Å²) < 4.78 is 4.56. The Morgan fingerprint density at radius 2 is 2.00 bits per heavy atom. The maximum Gasteiger partial charge on any atom is 0.303 e. The number of carboxylic acid groups (broad SMARTS) is 1. The molecule has 4 nitrogen and oxygen atoms in total. The second-order valence-corrected chi connectivity index (χ2v) is 5.06. The predicted molar refractivity (Wildman–Crippen MR) is 75.0 cm³/mol. The van der Waals surface area contributed by atoms with Gasteiger partial charge in [-0.2, -0.15) is 0 Å². The van der Waals surface area contributed by atoms with E-state index in [1.807, 2.05) is 0 Å². The van der Waals surface area contributed by atoms with Crippen molar-refractivity contribution in [3.63, 3.8) is 0 Å². The average molecular weight is 267 g/mol. The number of imidazole rings is 1. The number of carboxylic acids is 1. The maximum atomic E-state index is 10.6. The van der Waals surface area contributed by atoms with Crippen LogP contribution < -0.4 is 4.57 Å². The van der Waals surface area contributed by atoms with Gasteiger partial charge < -0.3 is 5.11 Å². The number of hydrogen-bond acceptors (Lipinski definition) is 1. The molecule has 0 atom stereocenters. The van der Waals surface area contributed by atoms with Crippen LogP contribution in [0.2, 0.25) is 0 Å². The molecule has 1 rings (SSSR count). The van der Waals surface area contributed by atoms with Crippen molar-refractivity contribution in [3.8, 4) is 0 Å². The summed E-state index contributed by atoms with van der Waals surface area (Å²) in [6.45, 7) is 6.29. The molecule has 1 aromatic rings. The Bertz CT molecular complexity index is 385. The molecule has 0 aliphatic carbocycles. The summed E-state index contributed by atoms with van der Waals surface area (Å²) in [6, 6.07) is 0. The summed E-state index contributed by atoms with van der Waals surface area (Å²) in [7, 11) is 0. The van der Waals surface area contributed by atoms with Crippen LogP contribution in [0.1, 0.15) is 58.2 Å². The normalized spacial score (nSPS) is 10.8. The highest BCUT2D eigenvalue weighted by atomic mass is 16.4. The van der Waals surface area contributed by atoms with Crippen LogP contribution in [0.3, 0.4) is 0 Å². The van der Waals surface area contributed by atoms with Crippen molar-refractivity contribution in [2.75, 3.05) is 0 Å². The van der Waals surface area contributed by atoms with Crippen LogP contribution in [-0.4, -0.2) is 15.6 Å². The Kier molecular flexibility index (Phi) is 7.23. The number of rotatable bonds is 10. The lowest BCUT2D eigenvalue weighted by Crippen LogP contribution is -2.37. The first kappa shape index (κ1) is 15.7. The number of carbonyl (C=O) groups is 1. The molecule has 4 heteroatoms. The van der Waals surface area contributed by atoms with Crippen LogP contribution in [0, 0.1) is 0 Å². The van der Waals surface area contributed by atoms with E-state index in [0.29, 0.717) is 6.42 Å². The molecule has 0 fully saturated rings. The molecule has 0 bridgehead atoms. The van der Waals surface area contributed by atoms with Crippen LogP contribution in [0.5, 0.6) is 0 Å². The van der Waals surface area contributed by atoms with Gasteiger partial charge in [-0.05, 0) is 19.3 Å². The van der Waals surface area contributed by atoms with Gasteiger partial charge in [0.25, 0.3) is 5.82 Å². The van der Waals surface area contributed by atoms with Gasteiger partial charge in [-0.15, -0.1) is 0 Å². The van der Waals surface area contributed by atoms with Gasteiger partial charge in [-0.1, -0.05) is 26.7 Å². The first-order valence-corrected chi connectivity index (χ1v) is 7.48. The smallest absolute Gasteiger partial charge is 0.303 e. The molecule has 0 radical (unpaired) electrons. The van der Waals surface area contributed by atoms with E-state index in [4.69, 9.17) is 5.11 Å². The number of unbranched alkanes of at least 4 members (excludes halogenated alkanes) is 2. The van der Waals surface area contributed by atoms with Crippen LogP contribution in [0.25, 0.3) is 0 Å². The van der Waals surface area contributed by atoms with Crippen LogP contribution >= 0.6 is 0 Å².